The summed E-state index contributed by atoms with van der Waals surface area (Å²) in [7, 11) is 0. The smallest absolute Gasteiger partial charge is 0.0465 e. The number of rotatable bonds is 2. The van der Waals surface area contributed by atoms with Gasteiger partial charge in [0.15, 0.2) is 0 Å². The number of aromatic nitrogens is 1. The van der Waals surface area contributed by atoms with E-state index in [0.29, 0.717) is 5.92 Å². The number of hydrogen-bond donors (Lipinski definition) is 0. The molecule has 1 aromatic rings. The third-order valence-electron chi connectivity index (χ3n) is 5.38. The average Bonchev–Trinajstić information content (AvgIpc) is 2.89. The summed E-state index contributed by atoms with van der Waals surface area (Å²) >= 11 is 0. The van der Waals surface area contributed by atoms with E-state index < -0.39 is 0 Å². The minimum atomic E-state index is 0.191. The Bertz CT molecular complexity index is 445. The van der Waals surface area contributed by atoms with Crippen LogP contribution in [-0.4, -0.2) is 4.98 Å². The van der Waals surface area contributed by atoms with Gasteiger partial charge in [-0.05, 0) is 54.2 Å². The quantitative estimate of drug-likeness (QED) is 0.733. The van der Waals surface area contributed by atoms with Crippen molar-refractivity contribution < 1.29 is 0 Å². The summed E-state index contributed by atoms with van der Waals surface area (Å²) in [6.45, 7) is 9.22. The first-order valence-corrected chi connectivity index (χ1v) is 7.00. The summed E-state index contributed by atoms with van der Waals surface area (Å²) in [5, 5.41) is 0. The van der Waals surface area contributed by atoms with Crippen LogP contribution in [0.2, 0.25) is 0 Å². The Labute approximate surface area is 105 Å². The van der Waals surface area contributed by atoms with Crippen LogP contribution in [0.15, 0.2) is 12.3 Å². The topological polar surface area (TPSA) is 12.9 Å². The van der Waals surface area contributed by atoms with Crippen LogP contribution < -0.4 is 0 Å². The Hall–Kier alpha value is -0.850. The van der Waals surface area contributed by atoms with Crippen LogP contribution in [0.5, 0.6) is 0 Å². The molecule has 17 heavy (non-hydrogen) atoms. The van der Waals surface area contributed by atoms with Crippen molar-refractivity contribution in [2.75, 3.05) is 0 Å². The molecule has 92 valence electrons. The fourth-order valence-corrected chi connectivity index (χ4v) is 3.37. The molecule has 0 radical (unpaired) electrons. The minimum absolute atomic E-state index is 0.191. The molecular formula is C16H23N. The predicted molar refractivity (Wildman–Crippen MR) is 71.4 cm³/mol. The summed E-state index contributed by atoms with van der Waals surface area (Å²) in [5.41, 5.74) is 4.67. The van der Waals surface area contributed by atoms with Gasteiger partial charge in [-0.15, -0.1) is 0 Å². The molecule has 2 atom stereocenters. The van der Waals surface area contributed by atoms with E-state index in [9.17, 15) is 0 Å². The first-order valence-electron chi connectivity index (χ1n) is 7.00. The first kappa shape index (κ1) is 11.3. The molecule has 0 spiro atoms. The van der Waals surface area contributed by atoms with E-state index in [0.717, 1.165) is 11.8 Å². The Morgan fingerprint density at radius 3 is 2.47 bits per heavy atom. The second-order valence-electron chi connectivity index (χ2n) is 6.78. The molecule has 1 heteroatoms. The maximum Gasteiger partial charge on any atom is 0.0465 e. The van der Waals surface area contributed by atoms with Crippen LogP contribution in [0.1, 0.15) is 75.6 Å². The van der Waals surface area contributed by atoms with E-state index in [1.807, 2.05) is 0 Å². The maximum atomic E-state index is 4.76. The lowest BCUT2D eigenvalue weighted by Crippen LogP contribution is -2.26. The monoisotopic (exact) mass is 229 g/mol. The molecule has 1 heterocycles. The maximum absolute atomic E-state index is 4.76. The highest BCUT2D eigenvalue weighted by atomic mass is 14.7. The molecule has 2 bridgehead atoms. The molecule has 0 saturated heterocycles. The fourth-order valence-electron chi connectivity index (χ4n) is 3.37. The molecule has 2 aliphatic carbocycles. The normalized spacial score (nSPS) is 26.6. The molecule has 0 aliphatic heterocycles. The van der Waals surface area contributed by atoms with Crippen LogP contribution in [0.3, 0.4) is 0 Å². The second-order valence-corrected chi connectivity index (χ2v) is 6.78. The van der Waals surface area contributed by atoms with Crippen molar-refractivity contribution in [2.45, 2.75) is 64.2 Å². The number of pyridine rings is 1. The highest BCUT2D eigenvalue weighted by Gasteiger charge is 2.38. The zero-order chi connectivity index (χ0) is 12.2. The van der Waals surface area contributed by atoms with E-state index in [1.165, 1.54) is 25.0 Å². The SMILES string of the molecule is CC(C)C(C)(C)c1cc2c(cn1)C1CCC2C1. The summed E-state index contributed by atoms with van der Waals surface area (Å²) in [6.07, 6.45) is 6.37. The molecule has 1 nitrogen and oxygen atoms in total. The Balaban J connectivity index is 2.03. The molecule has 0 amide bonds. The largest absolute Gasteiger partial charge is 0.260 e. The van der Waals surface area contributed by atoms with E-state index >= 15 is 0 Å². The third kappa shape index (κ3) is 1.55. The zero-order valence-electron chi connectivity index (χ0n) is 11.5. The Kier molecular flexibility index (Phi) is 2.36. The van der Waals surface area contributed by atoms with Gasteiger partial charge < -0.3 is 0 Å². The summed E-state index contributed by atoms with van der Waals surface area (Å²) < 4.78 is 0. The van der Waals surface area contributed by atoms with Gasteiger partial charge in [-0.25, -0.2) is 0 Å². The van der Waals surface area contributed by atoms with Crippen molar-refractivity contribution in [3.63, 3.8) is 0 Å². The summed E-state index contributed by atoms with van der Waals surface area (Å²) in [6, 6.07) is 2.42. The first-order chi connectivity index (χ1) is 8.00. The van der Waals surface area contributed by atoms with Gasteiger partial charge in [0.25, 0.3) is 0 Å². The number of fused-ring (bicyclic) bond motifs is 5. The molecule has 2 aliphatic rings. The van der Waals surface area contributed by atoms with E-state index in [-0.39, 0.29) is 5.41 Å². The van der Waals surface area contributed by atoms with E-state index in [4.69, 9.17) is 4.98 Å². The van der Waals surface area contributed by atoms with E-state index in [2.05, 4.69) is 40.0 Å². The second kappa shape index (κ2) is 3.57. The molecular weight excluding hydrogens is 206 g/mol. The molecule has 1 aromatic heterocycles. The van der Waals surface area contributed by atoms with Crippen LogP contribution in [-0.2, 0) is 5.41 Å². The van der Waals surface area contributed by atoms with Gasteiger partial charge in [-0.1, -0.05) is 27.7 Å². The fraction of sp³-hybridized carbons (Fsp3) is 0.688. The van der Waals surface area contributed by atoms with Gasteiger partial charge >= 0.3 is 0 Å². The van der Waals surface area contributed by atoms with Crippen molar-refractivity contribution in [1.82, 2.24) is 4.98 Å². The van der Waals surface area contributed by atoms with Gasteiger partial charge in [-0.2, -0.15) is 0 Å². The van der Waals surface area contributed by atoms with Crippen LogP contribution in [0.4, 0.5) is 0 Å². The van der Waals surface area contributed by atoms with Crippen molar-refractivity contribution in [3.05, 3.63) is 29.1 Å². The molecule has 1 saturated carbocycles. The van der Waals surface area contributed by atoms with Crippen molar-refractivity contribution in [1.29, 1.82) is 0 Å². The minimum Gasteiger partial charge on any atom is -0.260 e. The van der Waals surface area contributed by atoms with Gasteiger partial charge in [0, 0.05) is 17.3 Å². The van der Waals surface area contributed by atoms with Crippen molar-refractivity contribution >= 4 is 0 Å². The Morgan fingerprint density at radius 1 is 1.18 bits per heavy atom. The van der Waals surface area contributed by atoms with E-state index in [1.54, 1.807) is 11.1 Å². The van der Waals surface area contributed by atoms with Gasteiger partial charge in [0.2, 0.25) is 0 Å². The van der Waals surface area contributed by atoms with Gasteiger partial charge in [0.05, 0.1) is 0 Å². The van der Waals surface area contributed by atoms with Crippen LogP contribution in [0.25, 0.3) is 0 Å². The lowest BCUT2D eigenvalue weighted by Gasteiger charge is -2.30. The molecule has 2 unspecified atom stereocenters. The van der Waals surface area contributed by atoms with Crippen molar-refractivity contribution in [2.24, 2.45) is 5.92 Å². The van der Waals surface area contributed by atoms with Gasteiger partial charge in [-0.3, -0.25) is 4.98 Å². The van der Waals surface area contributed by atoms with Crippen LogP contribution >= 0.6 is 0 Å². The third-order valence-corrected chi connectivity index (χ3v) is 5.38. The van der Waals surface area contributed by atoms with Gasteiger partial charge in [0.1, 0.15) is 0 Å². The number of hydrogen-bond acceptors (Lipinski definition) is 1. The lowest BCUT2D eigenvalue weighted by molar-refractivity contribution is 0.361. The highest BCUT2D eigenvalue weighted by molar-refractivity contribution is 5.41. The molecule has 0 aromatic carbocycles. The average molecular weight is 229 g/mol. The standard InChI is InChI=1S/C16H23N/c1-10(2)16(3,4)15-8-13-11-5-6-12(7-11)14(13)9-17-15/h8-12H,5-7H2,1-4H3. The predicted octanol–water partition coefficient (Wildman–Crippen LogP) is 4.38. The number of nitrogens with zero attached hydrogens (tertiary/aromatic N) is 1. The van der Waals surface area contributed by atoms with Crippen molar-refractivity contribution in [3.8, 4) is 0 Å². The molecule has 1 fully saturated rings. The molecule has 3 rings (SSSR count). The summed E-state index contributed by atoms with van der Waals surface area (Å²) in [5.74, 6) is 2.31. The zero-order valence-corrected chi connectivity index (χ0v) is 11.5. The lowest BCUT2D eigenvalue weighted by atomic mass is 9.77. The van der Waals surface area contributed by atoms with Crippen LogP contribution in [0, 0.1) is 5.92 Å². The highest BCUT2D eigenvalue weighted by Crippen LogP contribution is 2.53. The molecule has 0 N–H and O–H groups in total. The summed E-state index contributed by atoms with van der Waals surface area (Å²) in [4.78, 5) is 4.76. The Morgan fingerprint density at radius 2 is 1.82 bits per heavy atom.